The van der Waals surface area contributed by atoms with E-state index >= 15 is 0 Å². The standard InChI is InChI=1S/C31H32FNO4/c1-19-24(15-14-21-10-7-6-8-11-21)27(28(30(35)36)37-31(3,4)5)20(2)26-18-33(17-25(19)26)29(34)22-12-9-13-23(32)16-22/h6-16,28H,17-18H2,1-5H3,(H,35,36)/b15-14-/t28-/m0/s1. The molecule has 0 aliphatic carbocycles. The third-order valence-electron chi connectivity index (χ3n) is 6.62. The maximum absolute atomic E-state index is 13.8. The molecular weight excluding hydrogens is 469 g/mol. The summed E-state index contributed by atoms with van der Waals surface area (Å²) < 4.78 is 19.9. The van der Waals surface area contributed by atoms with Gasteiger partial charge in [-0.15, -0.1) is 0 Å². The normalized spacial score (nSPS) is 14.2. The molecule has 37 heavy (non-hydrogen) atoms. The quantitative estimate of drug-likeness (QED) is 0.381. The molecule has 6 heteroatoms. The number of hydrogen-bond acceptors (Lipinski definition) is 3. The van der Waals surface area contributed by atoms with Crippen LogP contribution in [0.25, 0.3) is 12.2 Å². The van der Waals surface area contributed by atoms with Gasteiger partial charge in [-0.2, -0.15) is 0 Å². The second kappa shape index (κ2) is 10.3. The number of amides is 1. The van der Waals surface area contributed by atoms with Crippen molar-refractivity contribution in [3.05, 3.63) is 105 Å². The summed E-state index contributed by atoms with van der Waals surface area (Å²) in [6.07, 6.45) is 2.71. The fourth-order valence-corrected chi connectivity index (χ4v) is 4.88. The summed E-state index contributed by atoms with van der Waals surface area (Å²) in [6.45, 7) is 10.0. The van der Waals surface area contributed by atoms with E-state index in [-0.39, 0.29) is 11.5 Å². The largest absolute Gasteiger partial charge is 0.479 e. The zero-order valence-corrected chi connectivity index (χ0v) is 21.8. The van der Waals surface area contributed by atoms with E-state index in [1.165, 1.54) is 18.2 Å². The Morgan fingerprint density at radius 3 is 2.22 bits per heavy atom. The molecule has 0 unspecified atom stereocenters. The number of halogens is 1. The SMILES string of the molecule is Cc1c(/C=C\c2ccccc2)c([C@H](OC(C)(C)C)C(=O)O)c(C)c2c1CN(C(=O)c1cccc(F)c1)C2. The molecule has 3 aromatic carbocycles. The lowest BCUT2D eigenvalue weighted by Crippen LogP contribution is -2.29. The lowest BCUT2D eigenvalue weighted by Gasteiger charge is -2.29. The number of carboxylic acids is 1. The summed E-state index contributed by atoms with van der Waals surface area (Å²) in [5.74, 6) is -1.80. The van der Waals surface area contributed by atoms with Gasteiger partial charge in [0.15, 0.2) is 6.10 Å². The molecule has 1 N–H and O–H groups in total. The lowest BCUT2D eigenvalue weighted by molar-refractivity contribution is -0.160. The Balaban J connectivity index is 1.84. The van der Waals surface area contributed by atoms with E-state index in [0.717, 1.165) is 33.4 Å². The highest BCUT2D eigenvalue weighted by atomic mass is 19.1. The minimum Gasteiger partial charge on any atom is -0.479 e. The Bertz CT molecular complexity index is 1370. The highest BCUT2D eigenvalue weighted by molar-refractivity contribution is 5.95. The highest BCUT2D eigenvalue weighted by Gasteiger charge is 2.35. The smallest absolute Gasteiger partial charge is 0.337 e. The van der Waals surface area contributed by atoms with Gasteiger partial charge in [0.1, 0.15) is 5.82 Å². The molecule has 1 aliphatic rings. The number of nitrogens with zero attached hydrogens (tertiary/aromatic N) is 1. The minimum absolute atomic E-state index is 0.266. The van der Waals surface area contributed by atoms with Gasteiger partial charge in [-0.1, -0.05) is 48.6 Å². The average molecular weight is 502 g/mol. The number of carbonyl (C=O) groups excluding carboxylic acids is 1. The van der Waals surface area contributed by atoms with E-state index in [1.807, 2.05) is 77.1 Å². The summed E-state index contributed by atoms with van der Waals surface area (Å²) in [7, 11) is 0. The molecule has 192 valence electrons. The van der Waals surface area contributed by atoms with Crippen molar-refractivity contribution in [2.45, 2.75) is 59.4 Å². The third-order valence-corrected chi connectivity index (χ3v) is 6.62. The first-order chi connectivity index (χ1) is 17.5. The zero-order chi connectivity index (χ0) is 26.9. The molecule has 0 saturated carbocycles. The molecule has 1 heterocycles. The van der Waals surface area contributed by atoms with Crippen LogP contribution in [-0.2, 0) is 22.6 Å². The van der Waals surface area contributed by atoms with Gasteiger partial charge in [-0.05, 0) is 86.2 Å². The van der Waals surface area contributed by atoms with Crippen molar-refractivity contribution >= 4 is 24.0 Å². The van der Waals surface area contributed by atoms with Crippen molar-refractivity contribution < 1.29 is 23.8 Å². The van der Waals surface area contributed by atoms with Gasteiger partial charge in [0, 0.05) is 24.2 Å². The van der Waals surface area contributed by atoms with Crippen molar-refractivity contribution in [1.29, 1.82) is 0 Å². The predicted molar refractivity (Wildman–Crippen MR) is 142 cm³/mol. The molecule has 0 radical (unpaired) electrons. The number of hydrogen-bond donors (Lipinski definition) is 1. The van der Waals surface area contributed by atoms with Gasteiger partial charge in [0.25, 0.3) is 5.91 Å². The molecule has 4 rings (SSSR count). The van der Waals surface area contributed by atoms with Crippen LogP contribution in [0.15, 0.2) is 54.6 Å². The minimum atomic E-state index is -1.19. The van der Waals surface area contributed by atoms with Crippen LogP contribution in [0.3, 0.4) is 0 Å². The Morgan fingerprint density at radius 1 is 0.973 bits per heavy atom. The fraction of sp³-hybridized carbons (Fsp3) is 0.290. The third kappa shape index (κ3) is 5.65. The van der Waals surface area contributed by atoms with Crippen molar-refractivity contribution in [3.8, 4) is 0 Å². The number of fused-ring (bicyclic) bond motifs is 1. The van der Waals surface area contributed by atoms with Crippen molar-refractivity contribution in [1.82, 2.24) is 4.90 Å². The topological polar surface area (TPSA) is 66.8 Å². The summed E-state index contributed by atoms with van der Waals surface area (Å²) in [5, 5.41) is 10.2. The van der Waals surface area contributed by atoms with E-state index < -0.39 is 23.5 Å². The Morgan fingerprint density at radius 2 is 1.62 bits per heavy atom. The van der Waals surface area contributed by atoms with Crippen LogP contribution in [0, 0.1) is 19.7 Å². The molecule has 5 nitrogen and oxygen atoms in total. The first-order valence-corrected chi connectivity index (χ1v) is 12.3. The fourth-order valence-electron chi connectivity index (χ4n) is 4.88. The Kier molecular flexibility index (Phi) is 7.32. The maximum Gasteiger partial charge on any atom is 0.337 e. The van der Waals surface area contributed by atoms with Gasteiger partial charge >= 0.3 is 5.97 Å². The molecule has 3 aromatic rings. The van der Waals surface area contributed by atoms with Crippen LogP contribution in [0.5, 0.6) is 0 Å². The second-order valence-electron chi connectivity index (χ2n) is 10.4. The summed E-state index contributed by atoms with van der Waals surface area (Å²) >= 11 is 0. The Labute approximate surface area is 217 Å². The van der Waals surface area contributed by atoms with E-state index in [0.29, 0.717) is 18.7 Å². The van der Waals surface area contributed by atoms with E-state index in [4.69, 9.17) is 4.74 Å². The predicted octanol–water partition coefficient (Wildman–Crippen LogP) is 6.71. The summed E-state index contributed by atoms with van der Waals surface area (Å²) in [4.78, 5) is 27.4. The van der Waals surface area contributed by atoms with E-state index in [9.17, 15) is 19.1 Å². The highest BCUT2D eigenvalue weighted by Crippen LogP contribution is 2.40. The zero-order valence-electron chi connectivity index (χ0n) is 21.8. The van der Waals surface area contributed by atoms with Crippen molar-refractivity contribution in [2.24, 2.45) is 0 Å². The van der Waals surface area contributed by atoms with Crippen LogP contribution < -0.4 is 0 Å². The van der Waals surface area contributed by atoms with Crippen LogP contribution in [0.4, 0.5) is 4.39 Å². The van der Waals surface area contributed by atoms with Crippen molar-refractivity contribution in [2.75, 3.05) is 0 Å². The molecule has 0 aromatic heterocycles. The molecule has 1 amide bonds. The van der Waals surface area contributed by atoms with E-state index in [1.54, 1.807) is 11.0 Å². The average Bonchev–Trinajstić information content (AvgIpc) is 3.30. The van der Waals surface area contributed by atoms with Gasteiger partial charge in [-0.3, -0.25) is 4.79 Å². The van der Waals surface area contributed by atoms with Crippen LogP contribution in [-0.4, -0.2) is 27.5 Å². The number of benzene rings is 3. The molecule has 1 atom stereocenters. The van der Waals surface area contributed by atoms with Gasteiger partial charge in [0.2, 0.25) is 0 Å². The first-order valence-electron chi connectivity index (χ1n) is 12.3. The lowest BCUT2D eigenvalue weighted by atomic mass is 9.85. The van der Waals surface area contributed by atoms with Gasteiger partial charge in [-0.25, -0.2) is 9.18 Å². The monoisotopic (exact) mass is 501 g/mol. The molecule has 0 fully saturated rings. The van der Waals surface area contributed by atoms with Crippen LogP contribution in [0.2, 0.25) is 0 Å². The second-order valence-corrected chi connectivity index (χ2v) is 10.4. The molecule has 0 spiro atoms. The Hall–Kier alpha value is -3.77. The number of carboxylic acid groups (broad SMARTS) is 1. The van der Waals surface area contributed by atoms with E-state index in [2.05, 4.69) is 0 Å². The molecule has 0 saturated heterocycles. The number of carbonyl (C=O) groups is 2. The van der Waals surface area contributed by atoms with Crippen LogP contribution in [0.1, 0.15) is 76.2 Å². The molecular formula is C31H32FNO4. The summed E-state index contributed by atoms with van der Waals surface area (Å²) in [5.41, 5.74) is 5.53. The molecule has 1 aliphatic heterocycles. The summed E-state index contributed by atoms with van der Waals surface area (Å²) in [6, 6.07) is 15.5. The maximum atomic E-state index is 13.8. The number of aliphatic carboxylic acids is 1. The number of ether oxygens (including phenoxy) is 1. The first kappa shape index (κ1) is 26.3. The molecule has 0 bridgehead atoms. The van der Waals surface area contributed by atoms with Gasteiger partial charge < -0.3 is 14.7 Å². The van der Waals surface area contributed by atoms with Gasteiger partial charge in [0.05, 0.1) is 5.60 Å². The number of rotatable bonds is 6. The van der Waals surface area contributed by atoms with Crippen molar-refractivity contribution in [3.63, 3.8) is 0 Å². The van der Waals surface area contributed by atoms with Crippen LogP contribution >= 0.6 is 0 Å².